The molecule has 3 N–H and O–H groups in total. The zero-order chi connectivity index (χ0) is 12.7. The predicted molar refractivity (Wildman–Crippen MR) is 70.2 cm³/mol. The van der Waals surface area contributed by atoms with E-state index < -0.39 is 0 Å². The summed E-state index contributed by atoms with van der Waals surface area (Å²) in [5.74, 6) is 2.49. The van der Waals surface area contributed by atoms with Gasteiger partial charge in [-0.1, -0.05) is 37.5 Å². The summed E-state index contributed by atoms with van der Waals surface area (Å²) < 4.78 is 0. The summed E-state index contributed by atoms with van der Waals surface area (Å²) >= 11 is 0. The number of amides is 1. The second kappa shape index (κ2) is 6.59. The van der Waals surface area contributed by atoms with E-state index in [1.807, 2.05) is 25.1 Å². The standard InChI is InChI=1S/C14H18N2O/c1-3-7-12(4-2)16-14(17)10-11-8-5-6-9-13(11)15/h2,5-6,8-9,12H,3,7,10,15H2,1H3,(H,16,17). The molecule has 0 aliphatic carbocycles. The number of anilines is 1. The highest BCUT2D eigenvalue weighted by atomic mass is 16.1. The highest BCUT2D eigenvalue weighted by molar-refractivity contribution is 5.80. The van der Waals surface area contributed by atoms with Gasteiger partial charge < -0.3 is 11.1 Å². The van der Waals surface area contributed by atoms with Crippen LogP contribution in [0.4, 0.5) is 5.69 Å². The number of nitrogens with one attached hydrogen (secondary N) is 1. The molecule has 0 aromatic heterocycles. The largest absolute Gasteiger partial charge is 0.398 e. The van der Waals surface area contributed by atoms with Crippen molar-refractivity contribution in [2.45, 2.75) is 32.2 Å². The minimum atomic E-state index is -0.183. The number of carbonyl (C=O) groups is 1. The molecule has 1 rings (SSSR count). The molecule has 1 unspecified atom stereocenters. The molecular formula is C14H18N2O. The van der Waals surface area contributed by atoms with E-state index in [1.165, 1.54) is 0 Å². The molecule has 0 saturated heterocycles. The van der Waals surface area contributed by atoms with E-state index in [0.717, 1.165) is 18.4 Å². The Bertz CT molecular complexity index is 420. The number of para-hydroxylation sites is 1. The van der Waals surface area contributed by atoms with Crippen LogP contribution in [0.15, 0.2) is 24.3 Å². The summed E-state index contributed by atoms with van der Waals surface area (Å²) in [4.78, 5) is 11.7. The topological polar surface area (TPSA) is 55.1 Å². The van der Waals surface area contributed by atoms with Crippen molar-refractivity contribution in [2.75, 3.05) is 5.73 Å². The van der Waals surface area contributed by atoms with Gasteiger partial charge in [0.2, 0.25) is 5.91 Å². The highest BCUT2D eigenvalue weighted by Gasteiger charge is 2.10. The lowest BCUT2D eigenvalue weighted by Gasteiger charge is -2.12. The number of hydrogen-bond donors (Lipinski definition) is 2. The van der Waals surface area contributed by atoms with Gasteiger partial charge in [-0.2, -0.15) is 0 Å². The number of hydrogen-bond acceptors (Lipinski definition) is 2. The van der Waals surface area contributed by atoms with Gasteiger partial charge in [0, 0.05) is 5.69 Å². The molecular weight excluding hydrogens is 212 g/mol. The Kier molecular flexibility index (Phi) is 5.09. The number of nitrogen functional groups attached to an aromatic ring is 1. The van der Waals surface area contributed by atoms with E-state index in [0.29, 0.717) is 5.69 Å². The molecule has 0 spiro atoms. The summed E-state index contributed by atoms with van der Waals surface area (Å²) in [6, 6.07) is 7.16. The number of rotatable bonds is 5. The lowest BCUT2D eigenvalue weighted by Crippen LogP contribution is -2.34. The van der Waals surface area contributed by atoms with Crippen LogP contribution in [0.3, 0.4) is 0 Å². The Hall–Kier alpha value is -1.95. The first kappa shape index (κ1) is 13.1. The van der Waals surface area contributed by atoms with E-state index in [-0.39, 0.29) is 18.4 Å². The molecule has 1 aromatic carbocycles. The summed E-state index contributed by atoms with van der Waals surface area (Å²) in [5, 5.41) is 2.81. The van der Waals surface area contributed by atoms with Crippen molar-refractivity contribution >= 4 is 11.6 Å². The lowest BCUT2D eigenvalue weighted by molar-refractivity contribution is -0.120. The number of benzene rings is 1. The van der Waals surface area contributed by atoms with Crippen LogP contribution in [0.2, 0.25) is 0 Å². The zero-order valence-corrected chi connectivity index (χ0v) is 10.1. The zero-order valence-electron chi connectivity index (χ0n) is 10.1. The monoisotopic (exact) mass is 230 g/mol. The first-order valence-corrected chi connectivity index (χ1v) is 5.76. The molecule has 1 amide bonds. The highest BCUT2D eigenvalue weighted by Crippen LogP contribution is 2.11. The number of carbonyl (C=O) groups excluding carboxylic acids is 1. The maximum Gasteiger partial charge on any atom is 0.225 e. The van der Waals surface area contributed by atoms with Gasteiger partial charge in [-0.25, -0.2) is 0 Å². The van der Waals surface area contributed by atoms with Crippen LogP contribution >= 0.6 is 0 Å². The fraction of sp³-hybridized carbons (Fsp3) is 0.357. The van der Waals surface area contributed by atoms with Crippen LogP contribution in [0.5, 0.6) is 0 Å². The third-order valence-corrected chi connectivity index (χ3v) is 2.52. The van der Waals surface area contributed by atoms with Crippen molar-refractivity contribution in [2.24, 2.45) is 0 Å². The Morgan fingerprint density at radius 1 is 1.53 bits per heavy atom. The van der Waals surface area contributed by atoms with Gasteiger partial charge in [0.05, 0.1) is 12.5 Å². The first-order chi connectivity index (χ1) is 8.17. The summed E-state index contributed by atoms with van der Waals surface area (Å²) in [5.41, 5.74) is 7.24. The first-order valence-electron chi connectivity index (χ1n) is 5.76. The van der Waals surface area contributed by atoms with Gasteiger partial charge in [0.15, 0.2) is 0 Å². The molecule has 0 fully saturated rings. The average molecular weight is 230 g/mol. The van der Waals surface area contributed by atoms with E-state index in [4.69, 9.17) is 12.2 Å². The van der Waals surface area contributed by atoms with Gasteiger partial charge in [0.1, 0.15) is 0 Å². The number of terminal acetylenes is 1. The third kappa shape index (κ3) is 4.20. The minimum absolute atomic E-state index is 0.0840. The molecule has 0 aliphatic heterocycles. The van der Waals surface area contributed by atoms with Crippen LogP contribution in [-0.4, -0.2) is 11.9 Å². The molecule has 3 heteroatoms. The van der Waals surface area contributed by atoms with E-state index in [9.17, 15) is 4.79 Å². The molecule has 0 saturated carbocycles. The van der Waals surface area contributed by atoms with Crippen molar-refractivity contribution in [3.8, 4) is 12.3 Å². The molecule has 0 radical (unpaired) electrons. The van der Waals surface area contributed by atoms with Crippen molar-refractivity contribution in [1.29, 1.82) is 0 Å². The van der Waals surface area contributed by atoms with E-state index in [1.54, 1.807) is 6.07 Å². The smallest absolute Gasteiger partial charge is 0.225 e. The van der Waals surface area contributed by atoms with Crippen molar-refractivity contribution in [3.05, 3.63) is 29.8 Å². The van der Waals surface area contributed by atoms with Crippen LogP contribution < -0.4 is 11.1 Å². The molecule has 1 aromatic rings. The summed E-state index contributed by atoms with van der Waals surface area (Å²) in [6.45, 7) is 2.03. The maximum absolute atomic E-state index is 11.7. The molecule has 1 atom stereocenters. The molecule has 0 bridgehead atoms. The van der Waals surface area contributed by atoms with Crippen LogP contribution in [0, 0.1) is 12.3 Å². The normalized spacial score (nSPS) is 11.5. The third-order valence-electron chi connectivity index (χ3n) is 2.52. The fourth-order valence-electron chi connectivity index (χ4n) is 1.60. The Morgan fingerprint density at radius 3 is 2.82 bits per heavy atom. The van der Waals surface area contributed by atoms with Crippen molar-refractivity contribution in [1.82, 2.24) is 5.32 Å². The van der Waals surface area contributed by atoms with Crippen molar-refractivity contribution in [3.63, 3.8) is 0 Å². The summed E-state index contributed by atoms with van der Waals surface area (Å²) in [6.07, 6.45) is 7.36. The molecule has 17 heavy (non-hydrogen) atoms. The minimum Gasteiger partial charge on any atom is -0.398 e. The molecule has 3 nitrogen and oxygen atoms in total. The molecule has 0 heterocycles. The quantitative estimate of drug-likeness (QED) is 0.598. The maximum atomic E-state index is 11.7. The van der Waals surface area contributed by atoms with Crippen LogP contribution in [-0.2, 0) is 11.2 Å². The van der Waals surface area contributed by atoms with Gasteiger partial charge in [-0.05, 0) is 18.1 Å². The van der Waals surface area contributed by atoms with Crippen LogP contribution in [0.25, 0.3) is 0 Å². The van der Waals surface area contributed by atoms with Gasteiger partial charge in [-0.15, -0.1) is 6.42 Å². The van der Waals surface area contributed by atoms with Gasteiger partial charge in [-0.3, -0.25) is 4.79 Å². The molecule has 90 valence electrons. The number of nitrogens with two attached hydrogens (primary N) is 1. The van der Waals surface area contributed by atoms with Gasteiger partial charge in [0.25, 0.3) is 0 Å². The second-order valence-corrected chi connectivity index (χ2v) is 3.95. The van der Waals surface area contributed by atoms with Gasteiger partial charge >= 0.3 is 0 Å². The predicted octanol–water partition coefficient (Wildman–Crippen LogP) is 1.73. The lowest BCUT2D eigenvalue weighted by atomic mass is 10.1. The average Bonchev–Trinajstić information content (AvgIpc) is 2.31. The Balaban J connectivity index is 2.56. The SMILES string of the molecule is C#CC(CCC)NC(=O)Cc1ccccc1N. The fourth-order valence-corrected chi connectivity index (χ4v) is 1.60. The van der Waals surface area contributed by atoms with E-state index in [2.05, 4.69) is 11.2 Å². The van der Waals surface area contributed by atoms with E-state index >= 15 is 0 Å². The Labute approximate surface area is 102 Å². The summed E-state index contributed by atoms with van der Waals surface area (Å²) in [7, 11) is 0. The Morgan fingerprint density at radius 2 is 2.24 bits per heavy atom. The van der Waals surface area contributed by atoms with Crippen LogP contribution in [0.1, 0.15) is 25.3 Å². The van der Waals surface area contributed by atoms with Crippen molar-refractivity contribution < 1.29 is 4.79 Å². The second-order valence-electron chi connectivity index (χ2n) is 3.95. The molecule has 0 aliphatic rings.